The first-order chi connectivity index (χ1) is 12.1. The first-order valence-electron chi connectivity index (χ1n) is 9.09. The van der Waals surface area contributed by atoms with Gasteiger partial charge in [0, 0.05) is 19.6 Å². The average molecular weight is 340 g/mol. The molecule has 2 saturated heterocycles. The van der Waals surface area contributed by atoms with E-state index in [0.717, 1.165) is 30.7 Å². The normalized spacial score (nSPS) is 20.9. The highest BCUT2D eigenvalue weighted by Gasteiger charge is 2.36. The van der Waals surface area contributed by atoms with Crippen molar-refractivity contribution < 1.29 is 9.90 Å². The summed E-state index contributed by atoms with van der Waals surface area (Å²) < 4.78 is 0. The smallest absolute Gasteiger partial charge is 0.274 e. The van der Waals surface area contributed by atoms with Crippen LogP contribution in [0.15, 0.2) is 30.5 Å². The fraction of sp³-hybridized carbons (Fsp3) is 0.526. The van der Waals surface area contributed by atoms with Gasteiger partial charge in [0.15, 0.2) is 0 Å². The molecule has 0 radical (unpaired) electrons. The predicted molar refractivity (Wildman–Crippen MR) is 95.3 cm³/mol. The molecule has 2 aromatic rings. The van der Waals surface area contributed by atoms with E-state index in [-0.39, 0.29) is 5.91 Å². The summed E-state index contributed by atoms with van der Waals surface area (Å²) in [6.45, 7) is 4.02. The molecule has 25 heavy (non-hydrogen) atoms. The van der Waals surface area contributed by atoms with Gasteiger partial charge in [-0.3, -0.25) is 9.78 Å². The van der Waals surface area contributed by atoms with Crippen molar-refractivity contribution in [1.82, 2.24) is 19.8 Å². The lowest BCUT2D eigenvalue weighted by Gasteiger charge is -2.40. The number of aliphatic hydroxyl groups is 1. The Kier molecular flexibility index (Phi) is 4.39. The average Bonchev–Trinajstić information content (AvgIpc) is 3.14. The van der Waals surface area contributed by atoms with Crippen molar-refractivity contribution in [2.24, 2.45) is 0 Å². The quantitative estimate of drug-likeness (QED) is 0.921. The maximum Gasteiger partial charge on any atom is 0.274 e. The lowest BCUT2D eigenvalue weighted by atomic mass is 9.90. The molecule has 6 nitrogen and oxygen atoms in total. The van der Waals surface area contributed by atoms with Crippen molar-refractivity contribution in [3.05, 3.63) is 36.2 Å². The van der Waals surface area contributed by atoms with Crippen molar-refractivity contribution in [2.75, 3.05) is 32.7 Å². The van der Waals surface area contributed by atoms with Gasteiger partial charge in [-0.15, -0.1) is 0 Å². The highest BCUT2D eigenvalue weighted by Crippen LogP contribution is 2.26. The van der Waals surface area contributed by atoms with Gasteiger partial charge in [-0.1, -0.05) is 12.1 Å². The Labute approximate surface area is 147 Å². The van der Waals surface area contributed by atoms with Crippen molar-refractivity contribution in [2.45, 2.75) is 31.3 Å². The van der Waals surface area contributed by atoms with Crippen LogP contribution in [0.2, 0.25) is 0 Å². The van der Waals surface area contributed by atoms with E-state index in [1.165, 1.54) is 12.8 Å². The fourth-order valence-electron chi connectivity index (χ4n) is 3.86. The molecule has 2 aliphatic rings. The van der Waals surface area contributed by atoms with Gasteiger partial charge >= 0.3 is 0 Å². The van der Waals surface area contributed by atoms with Crippen LogP contribution >= 0.6 is 0 Å². The number of piperidine rings is 1. The summed E-state index contributed by atoms with van der Waals surface area (Å²) in [6, 6.07) is 7.55. The summed E-state index contributed by atoms with van der Waals surface area (Å²) in [5.74, 6) is -0.0959. The second-order valence-electron chi connectivity index (χ2n) is 7.24. The van der Waals surface area contributed by atoms with Crippen LogP contribution < -0.4 is 0 Å². The number of nitrogens with zero attached hydrogens (tertiary/aromatic N) is 4. The van der Waals surface area contributed by atoms with E-state index in [1.807, 2.05) is 24.3 Å². The molecule has 0 spiro atoms. The lowest BCUT2D eigenvalue weighted by molar-refractivity contribution is -0.0368. The number of carbonyl (C=O) groups excluding carboxylic acids is 1. The molecule has 1 amide bonds. The van der Waals surface area contributed by atoms with Gasteiger partial charge < -0.3 is 14.9 Å². The number of hydrogen-bond donors (Lipinski definition) is 1. The summed E-state index contributed by atoms with van der Waals surface area (Å²) in [4.78, 5) is 25.6. The molecule has 0 atom stereocenters. The van der Waals surface area contributed by atoms with Crippen LogP contribution in [-0.4, -0.2) is 69.1 Å². The molecule has 0 saturated carbocycles. The molecule has 3 heterocycles. The molecule has 4 rings (SSSR count). The fourth-order valence-corrected chi connectivity index (χ4v) is 3.86. The van der Waals surface area contributed by atoms with Gasteiger partial charge in [-0.05, 0) is 50.9 Å². The molecule has 6 heteroatoms. The van der Waals surface area contributed by atoms with E-state index >= 15 is 0 Å². The van der Waals surface area contributed by atoms with Crippen molar-refractivity contribution in [3.8, 4) is 0 Å². The molecule has 0 unspecified atom stereocenters. The minimum Gasteiger partial charge on any atom is -0.388 e. The van der Waals surface area contributed by atoms with Gasteiger partial charge in [-0.25, -0.2) is 4.98 Å². The molecular weight excluding hydrogens is 316 g/mol. The summed E-state index contributed by atoms with van der Waals surface area (Å²) >= 11 is 0. The molecule has 1 aromatic carbocycles. The zero-order chi connectivity index (χ0) is 17.3. The van der Waals surface area contributed by atoms with Crippen LogP contribution in [-0.2, 0) is 0 Å². The molecular formula is C19H24N4O2. The molecule has 0 bridgehead atoms. The Balaban J connectivity index is 1.41. The van der Waals surface area contributed by atoms with Crippen LogP contribution in [0.5, 0.6) is 0 Å². The molecule has 1 N–H and O–H groups in total. The SMILES string of the molecule is O=C(c1cnc2ccccc2n1)N1CCC(O)(CN2CCCC2)CC1. The maximum absolute atomic E-state index is 12.7. The van der Waals surface area contributed by atoms with E-state index in [0.29, 0.717) is 31.6 Å². The standard InChI is InChI=1S/C19H24N4O2/c24-18(17-13-20-15-5-1-2-6-16(15)21-17)23-11-7-19(25,8-12-23)14-22-9-3-4-10-22/h1-2,5-6,13,25H,3-4,7-12,14H2. The lowest BCUT2D eigenvalue weighted by Crippen LogP contribution is -2.51. The van der Waals surface area contributed by atoms with Crippen molar-refractivity contribution in [1.29, 1.82) is 0 Å². The second kappa shape index (κ2) is 6.69. The highest BCUT2D eigenvalue weighted by molar-refractivity contribution is 5.93. The Morgan fingerprint density at radius 1 is 1.08 bits per heavy atom. The number of β-amino-alcohol motifs (C(OH)–C–C–N with tert-alkyl or cyclic N) is 1. The van der Waals surface area contributed by atoms with E-state index in [9.17, 15) is 9.90 Å². The summed E-state index contributed by atoms with van der Waals surface area (Å²) in [5, 5.41) is 10.8. The second-order valence-corrected chi connectivity index (χ2v) is 7.24. The predicted octanol–water partition coefficient (Wildman–Crippen LogP) is 1.69. The molecule has 132 valence electrons. The van der Waals surface area contributed by atoms with Gasteiger partial charge in [0.25, 0.3) is 5.91 Å². The summed E-state index contributed by atoms with van der Waals surface area (Å²) in [5.41, 5.74) is 1.23. The van der Waals surface area contributed by atoms with Gasteiger partial charge in [0.1, 0.15) is 5.69 Å². The van der Waals surface area contributed by atoms with Crippen LogP contribution in [0.4, 0.5) is 0 Å². The van der Waals surface area contributed by atoms with E-state index in [1.54, 1.807) is 11.1 Å². The largest absolute Gasteiger partial charge is 0.388 e. The molecule has 1 aromatic heterocycles. The third-order valence-electron chi connectivity index (χ3n) is 5.37. The van der Waals surface area contributed by atoms with E-state index < -0.39 is 5.60 Å². The Bertz CT molecular complexity index is 765. The number of likely N-dealkylation sites (tertiary alicyclic amines) is 2. The Morgan fingerprint density at radius 3 is 2.48 bits per heavy atom. The van der Waals surface area contributed by atoms with Crippen LogP contribution in [0.25, 0.3) is 11.0 Å². The molecule has 0 aliphatic carbocycles. The number of benzene rings is 1. The summed E-state index contributed by atoms with van der Waals surface area (Å²) in [6.07, 6.45) is 5.24. The first-order valence-corrected chi connectivity index (χ1v) is 9.09. The number of hydrogen-bond acceptors (Lipinski definition) is 5. The Hall–Kier alpha value is -2.05. The monoisotopic (exact) mass is 340 g/mol. The number of aromatic nitrogens is 2. The van der Waals surface area contributed by atoms with Gasteiger partial charge in [0.05, 0.1) is 22.8 Å². The number of amides is 1. The number of rotatable bonds is 3. The first kappa shape index (κ1) is 16.4. The molecule has 2 fully saturated rings. The highest BCUT2D eigenvalue weighted by atomic mass is 16.3. The third kappa shape index (κ3) is 3.50. The van der Waals surface area contributed by atoms with Crippen LogP contribution in [0, 0.1) is 0 Å². The zero-order valence-corrected chi connectivity index (χ0v) is 14.4. The van der Waals surface area contributed by atoms with Gasteiger partial charge in [-0.2, -0.15) is 0 Å². The maximum atomic E-state index is 12.7. The minimum absolute atomic E-state index is 0.0959. The van der Waals surface area contributed by atoms with Crippen LogP contribution in [0.3, 0.4) is 0 Å². The van der Waals surface area contributed by atoms with E-state index in [2.05, 4.69) is 14.9 Å². The number of para-hydroxylation sites is 2. The van der Waals surface area contributed by atoms with E-state index in [4.69, 9.17) is 0 Å². The number of fused-ring (bicyclic) bond motifs is 1. The summed E-state index contributed by atoms with van der Waals surface area (Å²) in [7, 11) is 0. The minimum atomic E-state index is -0.670. The Morgan fingerprint density at radius 2 is 1.76 bits per heavy atom. The third-order valence-corrected chi connectivity index (χ3v) is 5.37. The van der Waals surface area contributed by atoms with Crippen LogP contribution in [0.1, 0.15) is 36.2 Å². The van der Waals surface area contributed by atoms with Crippen molar-refractivity contribution in [3.63, 3.8) is 0 Å². The molecule has 2 aliphatic heterocycles. The number of carbonyl (C=O) groups is 1. The topological polar surface area (TPSA) is 69.6 Å². The van der Waals surface area contributed by atoms with Gasteiger partial charge in [0.2, 0.25) is 0 Å². The zero-order valence-electron chi connectivity index (χ0n) is 14.4. The van der Waals surface area contributed by atoms with Crippen molar-refractivity contribution >= 4 is 16.9 Å².